The van der Waals surface area contributed by atoms with Crippen molar-refractivity contribution < 1.29 is 9.84 Å². The summed E-state index contributed by atoms with van der Waals surface area (Å²) in [4.78, 5) is 0. The molecule has 1 heterocycles. The number of likely N-dealkylation sites (N-methyl/N-ethyl adjacent to an activating group) is 1. The molecule has 0 aromatic rings. The molecule has 0 bridgehead atoms. The Bertz CT molecular complexity index is 138. The Hall–Kier alpha value is -0.160. The van der Waals surface area contributed by atoms with Gasteiger partial charge in [-0.3, -0.25) is 0 Å². The van der Waals surface area contributed by atoms with Gasteiger partial charge in [-0.2, -0.15) is 0 Å². The summed E-state index contributed by atoms with van der Waals surface area (Å²) in [7, 11) is 1.90. The van der Waals surface area contributed by atoms with Crippen molar-refractivity contribution in [3.63, 3.8) is 0 Å². The lowest BCUT2D eigenvalue weighted by atomic mass is 9.88. The van der Waals surface area contributed by atoms with Gasteiger partial charge in [0.25, 0.3) is 0 Å². The molecular weight excluding hydrogens is 168 g/mol. The van der Waals surface area contributed by atoms with Crippen molar-refractivity contribution in [3.8, 4) is 0 Å². The molecule has 0 aromatic heterocycles. The lowest BCUT2D eigenvalue weighted by Gasteiger charge is -2.33. The predicted molar refractivity (Wildman–Crippen MR) is 51.5 cm³/mol. The van der Waals surface area contributed by atoms with Gasteiger partial charge in [-0.25, -0.2) is 0 Å². The molecule has 78 valence electrons. The molecule has 2 unspecified atom stereocenters. The third-order valence-corrected chi connectivity index (χ3v) is 2.78. The highest BCUT2D eigenvalue weighted by atomic mass is 16.5. The Labute approximate surface area is 79.5 Å². The minimum absolute atomic E-state index is 0.0445. The number of rotatable bonds is 4. The van der Waals surface area contributed by atoms with Gasteiger partial charge in [-0.15, -0.1) is 0 Å². The largest absolute Gasteiger partial charge is 0.395 e. The quantitative estimate of drug-likeness (QED) is 0.547. The molecule has 1 rings (SSSR count). The summed E-state index contributed by atoms with van der Waals surface area (Å²) in [6.45, 7) is 1.69. The second-order valence-electron chi connectivity index (χ2n) is 3.61. The highest BCUT2D eigenvalue weighted by molar-refractivity contribution is 4.85. The second-order valence-corrected chi connectivity index (χ2v) is 3.61. The number of aliphatic hydroxyl groups excluding tert-OH is 1. The lowest BCUT2D eigenvalue weighted by molar-refractivity contribution is 0.0475. The minimum atomic E-state index is -0.159. The Kier molecular flexibility index (Phi) is 4.66. The summed E-state index contributed by atoms with van der Waals surface area (Å²) in [6, 6.07) is 0.0574. The highest BCUT2D eigenvalue weighted by Gasteiger charge is 2.26. The maximum Gasteiger partial charge on any atom is 0.0597 e. The summed E-state index contributed by atoms with van der Waals surface area (Å²) in [5, 5.41) is 12.2. The van der Waals surface area contributed by atoms with Crippen LogP contribution in [0.2, 0.25) is 0 Å². The van der Waals surface area contributed by atoms with E-state index in [0.29, 0.717) is 5.92 Å². The van der Waals surface area contributed by atoms with Crippen LogP contribution in [-0.2, 0) is 4.74 Å². The minimum Gasteiger partial charge on any atom is -0.395 e. The van der Waals surface area contributed by atoms with E-state index in [1.807, 2.05) is 7.05 Å². The fourth-order valence-corrected chi connectivity index (χ4v) is 1.99. The molecule has 1 saturated heterocycles. The first-order valence-corrected chi connectivity index (χ1v) is 4.91. The van der Waals surface area contributed by atoms with Gasteiger partial charge in [0.05, 0.1) is 6.61 Å². The van der Waals surface area contributed by atoms with Crippen molar-refractivity contribution in [2.24, 2.45) is 11.7 Å². The molecule has 0 saturated carbocycles. The molecule has 2 atom stereocenters. The van der Waals surface area contributed by atoms with E-state index in [9.17, 15) is 0 Å². The third-order valence-electron chi connectivity index (χ3n) is 2.78. The van der Waals surface area contributed by atoms with Crippen LogP contribution in [0.4, 0.5) is 0 Å². The van der Waals surface area contributed by atoms with Crippen LogP contribution >= 0.6 is 0 Å². The molecule has 0 aromatic carbocycles. The summed E-state index contributed by atoms with van der Waals surface area (Å²) in [5.41, 5.74) is 5.81. The van der Waals surface area contributed by atoms with Crippen LogP contribution in [0, 0.1) is 5.92 Å². The zero-order valence-corrected chi connectivity index (χ0v) is 8.20. The molecule has 0 radical (unpaired) electrons. The highest BCUT2D eigenvalue weighted by Crippen LogP contribution is 2.19. The fourth-order valence-electron chi connectivity index (χ4n) is 1.99. The Balaban J connectivity index is 2.43. The number of ether oxygens (including phenoxy) is 1. The van der Waals surface area contributed by atoms with Crippen molar-refractivity contribution in [3.05, 3.63) is 0 Å². The molecule has 13 heavy (non-hydrogen) atoms. The normalized spacial score (nSPS) is 24.2. The lowest BCUT2D eigenvalue weighted by Crippen LogP contribution is -2.51. The van der Waals surface area contributed by atoms with Crippen molar-refractivity contribution in [2.75, 3.05) is 26.9 Å². The van der Waals surface area contributed by atoms with E-state index in [4.69, 9.17) is 15.6 Å². The molecule has 1 aliphatic rings. The van der Waals surface area contributed by atoms with Crippen molar-refractivity contribution in [2.45, 2.75) is 24.9 Å². The fraction of sp³-hybridized carbons (Fsp3) is 1.00. The summed E-state index contributed by atoms with van der Waals surface area (Å²) in [6.07, 6.45) is 2.08. The summed E-state index contributed by atoms with van der Waals surface area (Å²) < 4.78 is 5.28. The van der Waals surface area contributed by atoms with E-state index in [2.05, 4.69) is 5.32 Å². The molecule has 4 nitrogen and oxygen atoms in total. The number of hydrogen-bond acceptors (Lipinski definition) is 4. The van der Waals surface area contributed by atoms with Crippen LogP contribution in [0.15, 0.2) is 0 Å². The average Bonchev–Trinajstić information content (AvgIpc) is 2.20. The zero-order valence-electron chi connectivity index (χ0n) is 8.20. The number of aliphatic hydroxyl groups is 1. The smallest absolute Gasteiger partial charge is 0.0597 e. The van der Waals surface area contributed by atoms with Crippen molar-refractivity contribution >= 4 is 0 Å². The summed E-state index contributed by atoms with van der Waals surface area (Å²) in [5.74, 6) is 0.542. The van der Waals surface area contributed by atoms with E-state index < -0.39 is 0 Å². The predicted octanol–water partition coefficient (Wildman–Crippen LogP) is -0.679. The number of nitrogens with two attached hydrogens (primary N) is 1. The Morgan fingerprint density at radius 1 is 1.54 bits per heavy atom. The standard InChI is InChI=1S/C9H20N2O2/c1-11-9(8(10)6-12)7-2-4-13-5-3-7/h7-9,11-12H,2-6,10H2,1H3. The number of hydrogen-bond donors (Lipinski definition) is 3. The first-order chi connectivity index (χ1) is 6.29. The van der Waals surface area contributed by atoms with Gasteiger partial charge in [0.15, 0.2) is 0 Å². The van der Waals surface area contributed by atoms with E-state index in [1.54, 1.807) is 0 Å². The molecule has 4 heteroatoms. The van der Waals surface area contributed by atoms with Crippen LogP contribution in [0.5, 0.6) is 0 Å². The van der Waals surface area contributed by atoms with Crippen molar-refractivity contribution in [1.29, 1.82) is 0 Å². The molecular formula is C9H20N2O2. The molecule has 1 fully saturated rings. The maximum atomic E-state index is 8.97. The van der Waals surface area contributed by atoms with Gasteiger partial charge in [-0.1, -0.05) is 0 Å². The first kappa shape index (κ1) is 10.9. The maximum absolute atomic E-state index is 8.97. The summed E-state index contributed by atoms with van der Waals surface area (Å²) >= 11 is 0. The van der Waals surface area contributed by atoms with Crippen LogP contribution in [0.1, 0.15) is 12.8 Å². The van der Waals surface area contributed by atoms with E-state index in [-0.39, 0.29) is 18.7 Å². The van der Waals surface area contributed by atoms with Crippen LogP contribution in [-0.4, -0.2) is 44.1 Å². The molecule has 1 aliphatic heterocycles. The van der Waals surface area contributed by atoms with Crippen LogP contribution < -0.4 is 11.1 Å². The van der Waals surface area contributed by atoms with Gasteiger partial charge in [0.1, 0.15) is 0 Å². The first-order valence-electron chi connectivity index (χ1n) is 4.91. The van der Waals surface area contributed by atoms with E-state index in [0.717, 1.165) is 26.1 Å². The second kappa shape index (κ2) is 5.54. The van der Waals surface area contributed by atoms with Gasteiger partial charge in [-0.05, 0) is 25.8 Å². The average molecular weight is 188 g/mol. The Morgan fingerprint density at radius 2 is 2.15 bits per heavy atom. The van der Waals surface area contributed by atoms with Gasteiger partial charge in [0, 0.05) is 25.3 Å². The Morgan fingerprint density at radius 3 is 2.62 bits per heavy atom. The SMILES string of the molecule is CNC(C(N)CO)C1CCOCC1. The molecule has 4 N–H and O–H groups in total. The van der Waals surface area contributed by atoms with Gasteiger partial charge < -0.3 is 20.9 Å². The molecule has 0 aliphatic carbocycles. The van der Waals surface area contributed by atoms with E-state index in [1.165, 1.54) is 0 Å². The monoisotopic (exact) mass is 188 g/mol. The van der Waals surface area contributed by atoms with Crippen molar-refractivity contribution in [1.82, 2.24) is 5.32 Å². The topological polar surface area (TPSA) is 67.5 Å². The van der Waals surface area contributed by atoms with Crippen LogP contribution in [0.3, 0.4) is 0 Å². The zero-order chi connectivity index (χ0) is 9.68. The van der Waals surface area contributed by atoms with Gasteiger partial charge in [0.2, 0.25) is 0 Å². The van der Waals surface area contributed by atoms with Crippen LogP contribution in [0.25, 0.3) is 0 Å². The molecule has 0 amide bonds. The van der Waals surface area contributed by atoms with Gasteiger partial charge >= 0.3 is 0 Å². The number of nitrogens with one attached hydrogen (secondary N) is 1. The van der Waals surface area contributed by atoms with E-state index >= 15 is 0 Å². The molecule has 0 spiro atoms. The third kappa shape index (κ3) is 2.91.